The summed E-state index contributed by atoms with van der Waals surface area (Å²) in [6.07, 6.45) is 1.05. The van der Waals surface area contributed by atoms with Crippen molar-refractivity contribution in [2.75, 3.05) is 0 Å². The second-order valence-corrected chi connectivity index (χ2v) is 5.32. The standard InChI is InChI=1S/C15H16O2S/c1-3-12-8-9-13(18-12)10-17-15-7-5-4-6-14(15)11(2)16/h4-9H,3,10H2,1-2H3. The Morgan fingerprint density at radius 3 is 2.56 bits per heavy atom. The molecule has 18 heavy (non-hydrogen) atoms. The summed E-state index contributed by atoms with van der Waals surface area (Å²) >= 11 is 1.76. The number of carbonyl (C=O) groups excluding carboxylic acids is 1. The predicted molar refractivity (Wildman–Crippen MR) is 74.5 cm³/mol. The van der Waals surface area contributed by atoms with Crippen molar-refractivity contribution in [3.8, 4) is 5.75 Å². The number of para-hydroxylation sites is 1. The summed E-state index contributed by atoms with van der Waals surface area (Å²) in [5, 5.41) is 0. The summed E-state index contributed by atoms with van der Waals surface area (Å²) in [7, 11) is 0. The van der Waals surface area contributed by atoms with Gasteiger partial charge in [0.2, 0.25) is 0 Å². The molecule has 1 aromatic heterocycles. The number of rotatable bonds is 5. The van der Waals surface area contributed by atoms with E-state index in [0.29, 0.717) is 17.9 Å². The van der Waals surface area contributed by atoms with Crippen LogP contribution in [0, 0.1) is 0 Å². The highest BCUT2D eigenvalue weighted by Crippen LogP contribution is 2.22. The SMILES string of the molecule is CCc1ccc(COc2ccccc2C(C)=O)s1. The van der Waals surface area contributed by atoms with Crippen LogP contribution in [-0.2, 0) is 13.0 Å². The molecule has 0 aliphatic carbocycles. The maximum atomic E-state index is 11.5. The zero-order valence-electron chi connectivity index (χ0n) is 10.6. The highest BCUT2D eigenvalue weighted by Gasteiger charge is 2.08. The van der Waals surface area contributed by atoms with Gasteiger partial charge >= 0.3 is 0 Å². The molecule has 3 heteroatoms. The third-order valence-electron chi connectivity index (χ3n) is 2.70. The van der Waals surface area contributed by atoms with E-state index < -0.39 is 0 Å². The molecule has 0 atom stereocenters. The summed E-state index contributed by atoms with van der Waals surface area (Å²) in [5.41, 5.74) is 0.643. The molecule has 0 N–H and O–H groups in total. The Morgan fingerprint density at radius 2 is 1.89 bits per heavy atom. The van der Waals surface area contributed by atoms with Crippen molar-refractivity contribution < 1.29 is 9.53 Å². The number of hydrogen-bond donors (Lipinski definition) is 0. The van der Waals surface area contributed by atoms with Crippen LogP contribution >= 0.6 is 11.3 Å². The largest absolute Gasteiger partial charge is 0.487 e. The molecule has 0 radical (unpaired) electrons. The monoisotopic (exact) mass is 260 g/mol. The normalized spacial score (nSPS) is 10.3. The minimum Gasteiger partial charge on any atom is -0.487 e. The molecule has 94 valence electrons. The Kier molecular flexibility index (Phi) is 4.15. The molecule has 1 heterocycles. The molecule has 1 aromatic carbocycles. The number of ether oxygens (including phenoxy) is 1. The van der Waals surface area contributed by atoms with E-state index in [1.54, 1.807) is 24.3 Å². The Labute approximate surface area is 111 Å². The molecule has 2 aromatic rings. The predicted octanol–water partition coefficient (Wildman–Crippen LogP) is 4.09. The molecule has 0 fully saturated rings. The second-order valence-electron chi connectivity index (χ2n) is 4.06. The van der Waals surface area contributed by atoms with Crippen LogP contribution in [0.4, 0.5) is 0 Å². The van der Waals surface area contributed by atoms with Crippen LogP contribution in [0.1, 0.15) is 34.0 Å². The van der Waals surface area contributed by atoms with Crippen molar-refractivity contribution >= 4 is 17.1 Å². The molecule has 0 aliphatic heterocycles. The summed E-state index contributed by atoms with van der Waals surface area (Å²) in [6, 6.07) is 11.6. The molecule has 0 saturated carbocycles. The highest BCUT2D eigenvalue weighted by atomic mass is 32.1. The van der Waals surface area contributed by atoms with Gasteiger partial charge in [0, 0.05) is 9.75 Å². The maximum Gasteiger partial charge on any atom is 0.163 e. The first-order valence-electron chi connectivity index (χ1n) is 6.01. The average molecular weight is 260 g/mol. The molecule has 0 bridgehead atoms. The van der Waals surface area contributed by atoms with Crippen LogP contribution in [0.2, 0.25) is 0 Å². The lowest BCUT2D eigenvalue weighted by atomic mass is 10.1. The van der Waals surface area contributed by atoms with Crippen LogP contribution in [0.25, 0.3) is 0 Å². The molecule has 0 saturated heterocycles. The van der Waals surface area contributed by atoms with Gasteiger partial charge in [0.1, 0.15) is 12.4 Å². The van der Waals surface area contributed by atoms with E-state index in [0.717, 1.165) is 6.42 Å². The lowest BCUT2D eigenvalue weighted by Gasteiger charge is -2.08. The zero-order chi connectivity index (χ0) is 13.0. The van der Waals surface area contributed by atoms with E-state index in [-0.39, 0.29) is 5.78 Å². The van der Waals surface area contributed by atoms with Gasteiger partial charge < -0.3 is 4.74 Å². The van der Waals surface area contributed by atoms with Crippen LogP contribution < -0.4 is 4.74 Å². The van der Waals surface area contributed by atoms with Crippen molar-refractivity contribution in [2.24, 2.45) is 0 Å². The van der Waals surface area contributed by atoms with Crippen molar-refractivity contribution in [1.82, 2.24) is 0 Å². The van der Waals surface area contributed by atoms with Gasteiger partial charge in [0.25, 0.3) is 0 Å². The summed E-state index contributed by atoms with van der Waals surface area (Å²) < 4.78 is 5.73. The quantitative estimate of drug-likeness (QED) is 0.757. The van der Waals surface area contributed by atoms with Crippen molar-refractivity contribution in [1.29, 1.82) is 0 Å². The molecule has 0 aliphatic rings. The van der Waals surface area contributed by atoms with Gasteiger partial charge in [-0.25, -0.2) is 0 Å². The summed E-state index contributed by atoms with van der Waals surface area (Å²) in [6.45, 7) is 4.22. The van der Waals surface area contributed by atoms with Crippen molar-refractivity contribution in [3.63, 3.8) is 0 Å². The van der Waals surface area contributed by atoms with E-state index in [9.17, 15) is 4.79 Å². The first-order valence-corrected chi connectivity index (χ1v) is 6.82. The number of thiophene rings is 1. The van der Waals surface area contributed by atoms with E-state index in [1.807, 2.05) is 18.2 Å². The number of Topliss-reactive ketones (excluding diaryl/α,β-unsaturated/α-hetero) is 1. The number of aryl methyl sites for hydroxylation is 1. The average Bonchev–Trinajstić information content (AvgIpc) is 2.84. The third kappa shape index (κ3) is 2.99. The topological polar surface area (TPSA) is 26.3 Å². The van der Waals surface area contributed by atoms with Gasteiger partial charge in [-0.05, 0) is 37.6 Å². The lowest BCUT2D eigenvalue weighted by Crippen LogP contribution is -2.00. The molecule has 2 nitrogen and oxygen atoms in total. The fraction of sp³-hybridized carbons (Fsp3) is 0.267. The third-order valence-corrected chi connectivity index (χ3v) is 3.91. The lowest BCUT2D eigenvalue weighted by molar-refractivity contribution is 0.101. The smallest absolute Gasteiger partial charge is 0.163 e. The number of benzene rings is 1. The van der Waals surface area contributed by atoms with Crippen LogP contribution in [0.5, 0.6) is 5.75 Å². The Balaban J connectivity index is 2.08. The van der Waals surface area contributed by atoms with Crippen molar-refractivity contribution in [3.05, 3.63) is 51.7 Å². The number of carbonyl (C=O) groups is 1. The van der Waals surface area contributed by atoms with Crippen molar-refractivity contribution in [2.45, 2.75) is 26.9 Å². The Hall–Kier alpha value is -1.61. The number of ketones is 1. The van der Waals surface area contributed by atoms with Crippen LogP contribution in [0.15, 0.2) is 36.4 Å². The molecule has 0 unspecified atom stereocenters. The summed E-state index contributed by atoms with van der Waals surface area (Å²) in [4.78, 5) is 14.0. The van der Waals surface area contributed by atoms with Crippen LogP contribution in [-0.4, -0.2) is 5.78 Å². The van der Waals surface area contributed by atoms with Gasteiger partial charge in [-0.1, -0.05) is 19.1 Å². The molecular formula is C15H16O2S. The van der Waals surface area contributed by atoms with E-state index in [2.05, 4.69) is 19.1 Å². The molecule has 0 amide bonds. The van der Waals surface area contributed by atoms with E-state index >= 15 is 0 Å². The first-order chi connectivity index (χ1) is 8.70. The Bertz CT molecular complexity index is 543. The fourth-order valence-corrected chi connectivity index (χ4v) is 2.59. The molecule has 0 spiro atoms. The van der Waals surface area contributed by atoms with Gasteiger partial charge in [-0.15, -0.1) is 11.3 Å². The van der Waals surface area contributed by atoms with Gasteiger partial charge in [0.05, 0.1) is 5.56 Å². The fourth-order valence-electron chi connectivity index (χ4n) is 1.72. The molecule has 2 rings (SSSR count). The zero-order valence-corrected chi connectivity index (χ0v) is 11.4. The second kappa shape index (κ2) is 5.83. The van der Waals surface area contributed by atoms with Crippen LogP contribution in [0.3, 0.4) is 0 Å². The minimum atomic E-state index is 0.0334. The van der Waals surface area contributed by atoms with E-state index in [4.69, 9.17) is 4.74 Å². The van der Waals surface area contributed by atoms with Gasteiger partial charge in [-0.2, -0.15) is 0 Å². The van der Waals surface area contributed by atoms with Gasteiger partial charge in [0.15, 0.2) is 5.78 Å². The Morgan fingerprint density at radius 1 is 1.17 bits per heavy atom. The number of hydrogen-bond acceptors (Lipinski definition) is 3. The maximum absolute atomic E-state index is 11.5. The van der Waals surface area contributed by atoms with Gasteiger partial charge in [-0.3, -0.25) is 4.79 Å². The molecular weight excluding hydrogens is 244 g/mol. The highest BCUT2D eigenvalue weighted by molar-refractivity contribution is 7.11. The summed E-state index contributed by atoms with van der Waals surface area (Å²) in [5.74, 6) is 0.697. The minimum absolute atomic E-state index is 0.0334. The van der Waals surface area contributed by atoms with E-state index in [1.165, 1.54) is 9.75 Å². The first kappa shape index (κ1) is 12.8.